The lowest BCUT2D eigenvalue weighted by atomic mass is 10.0. The van der Waals surface area contributed by atoms with Crippen molar-refractivity contribution in [1.82, 2.24) is 0 Å². The number of fused-ring (bicyclic) bond motifs is 1. The number of anilines is 2. The Morgan fingerprint density at radius 1 is 0.967 bits per heavy atom. The number of carbonyl (C=O) groups is 1. The molecule has 0 bridgehead atoms. The average Bonchev–Trinajstić information content (AvgIpc) is 2.73. The van der Waals surface area contributed by atoms with Gasteiger partial charge in [0.1, 0.15) is 0 Å². The summed E-state index contributed by atoms with van der Waals surface area (Å²) in [5, 5.41) is 2.93. The summed E-state index contributed by atoms with van der Waals surface area (Å²) in [5.74, 6) is -0.0989. The van der Waals surface area contributed by atoms with Gasteiger partial charge in [-0.1, -0.05) is 54.6 Å². The lowest BCUT2D eigenvalue weighted by molar-refractivity contribution is -0.115. The van der Waals surface area contributed by atoms with Gasteiger partial charge in [0, 0.05) is 12.2 Å². The van der Waals surface area contributed by atoms with Crippen LogP contribution in [0.5, 0.6) is 0 Å². The van der Waals surface area contributed by atoms with Crippen LogP contribution in [0.25, 0.3) is 11.1 Å². The molecule has 1 N–H and O–H groups in total. The van der Waals surface area contributed by atoms with Crippen LogP contribution >= 0.6 is 0 Å². The molecule has 0 fully saturated rings. The van der Waals surface area contributed by atoms with E-state index in [1.165, 1.54) is 10.6 Å². The molecule has 4 rings (SSSR count). The van der Waals surface area contributed by atoms with E-state index in [1.807, 2.05) is 48.5 Å². The Kier molecular flexibility index (Phi) is 5.59. The van der Waals surface area contributed by atoms with Crippen molar-refractivity contribution in [2.24, 2.45) is 0 Å². The van der Waals surface area contributed by atoms with Crippen molar-refractivity contribution in [1.29, 1.82) is 0 Å². The van der Waals surface area contributed by atoms with Crippen LogP contribution in [-0.2, 0) is 27.7 Å². The summed E-state index contributed by atoms with van der Waals surface area (Å²) in [4.78, 5) is 12.5. The van der Waals surface area contributed by atoms with Crippen LogP contribution in [0, 0.1) is 0 Å². The third-order valence-electron chi connectivity index (χ3n) is 5.27. The summed E-state index contributed by atoms with van der Waals surface area (Å²) in [6.45, 7) is 0.497. The summed E-state index contributed by atoms with van der Waals surface area (Å²) in [7, 11) is -3.29. The van der Waals surface area contributed by atoms with Crippen LogP contribution in [0.3, 0.4) is 0 Å². The Labute approximate surface area is 177 Å². The van der Waals surface area contributed by atoms with E-state index in [4.69, 9.17) is 0 Å². The fraction of sp³-hybridized carbons (Fsp3) is 0.208. The number of aryl methyl sites for hydroxylation is 1. The summed E-state index contributed by atoms with van der Waals surface area (Å²) in [5.41, 5.74) is 5.54. The number of hydrogen-bond acceptors (Lipinski definition) is 3. The third kappa shape index (κ3) is 4.54. The minimum atomic E-state index is -3.29. The Morgan fingerprint density at radius 3 is 2.37 bits per heavy atom. The molecule has 5 nitrogen and oxygen atoms in total. The largest absolute Gasteiger partial charge is 0.326 e. The first-order valence-corrected chi connectivity index (χ1v) is 11.8. The SMILES string of the molecule is CS(=O)(=O)N1CCCc2cc(NC(=O)Cc3ccc(-c4ccccc4)cc3)ccc21. The number of nitrogens with one attached hydrogen (secondary N) is 1. The maximum Gasteiger partial charge on any atom is 0.232 e. The van der Waals surface area contributed by atoms with Gasteiger partial charge in [0.25, 0.3) is 0 Å². The van der Waals surface area contributed by atoms with Crippen molar-refractivity contribution in [3.63, 3.8) is 0 Å². The van der Waals surface area contributed by atoms with Crippen LogP contribution in [0.15, 0.2) is 72.8 Å². The van der Waals surface area contributed by atoms with Crippen molar-refractivity contribution in [2.75, 3.05) is 22.4 Å². The second-order valence-corrected chi connectivity index (χ2v) is 9.48. The molecule has 0 saturated carbocycles. The highest BCUT2D eigenvalue weighted by Crippen LogP contribution is 2.31. The van der Waals surface area contributed by atoms with Crippen molar-refractivity contribution in [3.8, 4) is 11.1 Å². The molecule has 0 radical (unpaired) electrons. The maximum atomic E-state index is 12.5. The van der Waals surface area contributed by atoms with Crippen molar-refractivity contribution >= 4 is 27.3 Å². The highest BCUT2D eigenvalue weighted by atomic mass is 32.2. The molecule has 0 saturated heterocycles. The molecule has 0 unspecified atom stereocenters. The fourth-order valence-corrected chi connectivity index (χ4v) is 4.82. The van der Waals surface area contributed by atoms with E-state index in [0.29, 0.717) is 17.9 Å². The smallest absolute Gasteiger partial charge is 0.232 e. The summed E-state index contributed by atoms with van der Waals surface area (Å²) >= 11 is 0. The zero-order chi connectivity index (χ0) is 21.1. The molecule has 0 atom stereocenters. The number of carbonyl (C=O) groups excluding carboxylic acids is 1. The molecule has 1 aliphatic rings. The lowest BCUT2D eigenvalue weighted by Crippen LogP contribution is -2.34. The normalized spacial score (nSPS) is 13.6. The first-order chi connectivity index (χ1) is 14.4. The first kappa shape index (κ1) is 20.2. The van der Waals surface area contributed by atoms with Crippen molar-refractivity contribution < 1.29 is 13.2 Å². The predicted molar refractivity (Wildman–Crippen MR) is 121 cm³/mol. The molecule has 3 aromatic rings. The molecule has 154 valence electrons. The van der Waals surface area contributed by atoms with E-state index in [1.54, 1.807) is 12.1 Å². The molecule has 0 spiro atoms. The van der Waals surface area contributed by atoms with E-state index in [9.17, 15) is 13.2 Å². The molecule has 0 aromatic heterocycles. The van der Waals surface area contributed by atoms with E-state index < -0.39 is 10.0 Å². The van der Waals surface area contributed by atoms with Gasteiger partial charge in [-0.25, -0.2) is 8.42 Å². The van der Waals surface area contributed by atoms with Gasteiger partial charge in [-0.05, 0) is 53.3 Å². The Hall–Kier alpha value is -3.12. The molecular weight excluding hydrogens is 396 g/mol. The van der Waals surface area contributed by atoms with Gasteiger partial charge in [0.2, 0.25) is 15.9 Å². The van der Waals surface area contributed by atoms with E-state index in [2.05, 4.69) is 17.4 Å². The molecule has 1 amide bonds. The zero-order valence-electron chi connectivity index (χ0n) is 16.8. The molecule has 1 aliphatic heterocycles. The van der Waals surface area contributed by atoms with Gasteiger partial charge in [-0.2, -0.15) is 0 Å². The molecule has 0 aliphatic carbocycles. The summed E-state index contributed by atoms with van der Waals surface area (Å²) in [6, 6.07) is 23.5. The predicted octanol–water partition coefficient (Wildman–Crippen LogP) is 4.25. The minimum Gasteiger partial charge on any atom is -0.326 e. The number of sulfonamides is 1. The topological polar surface area (TPSA) is 66.5 Å². The highest BCUT2D eigenvalue weighted by Gasteiger charge is 2.24. The van der Waals surface area contributed by atoms with Gasteiger partial charge < -0.3 is 5.32 Å². The van der Waals surface area contributed by atoms with Gasteiger partial charge in [-0.3, -0.25) is 9.10 Å². The van der Waals surface area contributed by atoms with Crippen LogP contribution in [0.4, 0.5) is 11.4 Å². The lowest BCUT2D eigenvalue weighted by Gasteiger charge is -2.29. The van der Waals surface area contributed by atoms with E-state index >= 15 is 0 Å². The number of nitrogens with zero attached hydrogens (tertiary/aromatic N) is 1. The Morgan fingerprint density at radius 2 is 1.67 bits per heavy atom. The summed E-state index contributed by atoms with van der Waals surface area (Å²) < 4.78 is 25.4. The number of benzene rings is 3. The van der Waals surface area contributed by atoms with Gasteiger partial charge >= 0.3 is 0 Å². The van der Waals surface area contributed by atoms with Crippen LogP contribution < -0.4 is 9.62 Å². The van der Waals surface area contributed by atoms with Gasteiger partial charge in [0.15, 0.2) is 0 Å². The third-order valence-corrected chi connectivity index (χ3v) is 6.45. The van der Waals surface area contributed by atoms with Crippen molar-refractivity contribution in [3.05, 3.63) is 83.9 Å². The second-order valence-electron chi connectivity index (χ2n) is 7.57. The first-order valence-electron chi connectivity index (χ1n) is 9.95. The monoisotopic (exact) mass is 420 g/mol. The standard InChI is InChI=1S/C24H24N2O3S/c1-30(28,29)26-15-5-8-21-17-22(13-14-23(21)26)25-24(27)16-18-9-11-20(12-10-18)19-6-3-2-4-7-19/h2-4,6-7,9-14,17H,5,8,15-16H2,1H3,(H,25,27). The molecule has 1 heterocycles. The van der Waals surface area contributed by atoms with E-state index in [-0.39, 0.29) is 12.3 Å². The molecule has 3 aromatic carbocycles. The molecule has 30 heavy (non-hydrogen) atoms. The van der Waals surface area contributed by atoms with Gasteiger partial charge in [0.05, 0.1) is 18.4 Å². The highest BCUT2D eigenvalue weighted by molar-refractivity contribution is 7.92. The Balaban J connectivity index is 1.43. The fourth-order valence-electron chi connectivity index (χ4n) is 3.82. The number of rotatable bonds is 5. The quantitative estimate of drug-likeness (QED) is 0.671. The second kappa shape index (κ2) is 8.32. The maximum absolute atomic E-state index is 12.5. The van der Waals surface area contributed by atoms with Gasteiger partial charge in [-0.15, -0.1) is 0 Å². The van der Waals surface area contributed by atoms with Crippen LogP contribution in [0.1, 0.15) is 17.5 Å². The van der Waals surface area contributed by atoms with Crippen LogP contribution in [0.2, 0.25) is 0 Å². The van der Waals surface area contributed by atoms with E-state index in [0.717, 1.165) is 35.1 Å². The minimum absolute atomic E-state index is 0.0989. The number of amides is 1. The molecular formula is C24H24N2O3S. The van der Waals surface area contributed by atoms with Crippen molar-refractivity contribution in [2.45, 2.75) is 19.3 Å². The summed E-state index contributed by atoms with van der Waals surface area (Å²) in [6.07, 6.45) is 3.07. The Bertz CT molecular complexity index is 1160. The zero-order valence-corrected chi connectivity index (χ0v) is 17.7. The van der Waals surface area contributed by atoms with Crippen LogP contribution in [-0.4, -0.2) is 27.1 Å². The number of hydrogen-bond donors (Lipinski definition) is 1. The average molecular weight is 421 g/mol. The molecule has 6 heteroatoms.